The number of hydrogen-bond donors (Lipinski definition) is 0. The SMILES string of the molecule is CCC(CC)Oc1nc(C)nc2c1nc(C)c(=O)n2-c1c(C)cc(C)cc1C. The summed E-state index contributed by atoms with van der Waals surface area (Å²) in [5.74, 6) is 0.991. The Morgan fingerprint density at radius 3 is 2.14 bits per heavy atom. The first kappa shape index (κ1) is 20.0. The van der Waals surface area contributed by atoms with E-state index in [1.807, 2.05) is 20.8 Å². The van der Waals surface area contributed by atoms with Crippen molar-refractivity contribution in [3.63, 3.8) is 0 Å². The maximum atomic E-state index is 13.1. The van der Waals surface area contributed by atoms with Crippen molar-refractivity contribution < 1.29 is 4.74 Å². The van der Waals surface area contributed by atoms with Gasteiger partial charge in [0.25, 0.3) is 5.56 Å². The van der Waals surface area contributed by atoms with E-state index in [4.69, 9.17) is 4.74 Å². The maximum Gasteiger partial charge on any atom is 0.278 e. The van der Waals surface area contributed by atoms with Crippen molar-refractivity contribution in [1.29, 1.82) is 0 Å². The van der Waals surface area contributed by atoms with E-state index < -0.39 is 0 Å². The highest BCUT2D eigenvalue weighted by molar-refractivity contribution is 5.78. The quantitative estimate of drug-likeness (QED) is 0.660. The zero-order valence-electron chi connectivity index (χ0n) is 17.8. The summed E-state index contributed by atoms with van der Waals surface area (Å²) in [7, 11) is 0. The second kappa shape index (κ2) is 7.70. The molecule has 3 aromatic rings. The third-order valence-electron chi connectivity index (χ3n) is 5.00. The van der Waals surface area contributed by atoms with Crippen molar-refractivity contribution in [1.82, 2.24) is 19.5 Å². The van der Waals surface area contributed by atoms with Crippen molar-refractivity contribution in [2.75, 3.05) is 0 Å². The Balaban J connectivity index is 2.40. The number of nitrogens with zero attached hydrogens (tertiary/aromatic N) is 4. The molecule has 0 saturated heterocycles. The molecule has 0 atom stereocenters. The monoisotopic (exact) mass is 380 g/mol. The van der Waals surface area contributed by atoms with Gasteiger partial charge in [-0.1, -0.05) is 31.5 Å². The molecule has 0 unspecified atom stereocenters. The Bertz CT molecular complexity index is 1070. The number of hydrogen-bond acceptors (Lipinski definition) is 5. The molecule has 28 heavy (non-hydrogen) atoms. The van der Waals surface area contributed by atoms with Crippen molar-refractivity contribution in [2.45, 2.75) is 67.4 Å². The van der Waals surface area contributed by atoms with Gasteiger partial charge >= 0.3 is 0 Å². The van der Waals surface area contributed by atoms with Crippen LogP contribution in [0.5, 0.6) is 5.88 Å². The molecule has 0 aliphatic carbocycles. The van der Waals surface area contributed by atoms with Crippen molar-refractivity contribution >= 4 is 11.2 Å². The van der Waals surface area contributed by atoms with E-state index in [0.29, 0.717) is 28.6 Å². The van der Waals surface area contributed by atoms with Gasteiger partial charge in [-0.05, 0) is 58.6 Å². The number of aryl methyl sites for hydroxylation is 5. The number of ether oxygens (including phenoxy) is 1. The van der Waals surface area contributed by atoms with Crippen LogP contribution in [0.15, 0.2) is 16.9 Å². The highest BCUT2D eigenvalue weighted by Crippen LogP contribution is 2.27. The molecule has 0 amide bonds. The molecule has 2 heterocycles. The smallest absolute Gasteiger partial charge is 0.278 e. The minimum Gasteiger partial charge on any atom is -0.473 e. The van der Waals surface area contributed by atoms with Gasteiger partial charge in [-0.3, -0.25) is 9.36 Å². The first-order chi connectivity index (χ1) is 13.3. The number of benzene rings is 1. The Hall–Kier alpha value is -2.76. The van der Waals surface area contributed by atoms with Gasteiger partial charge < -0.3 is 4.74 Å². The van der Waals surface area contributed by atoms with Gasteiger partial charge in [-0.25, -0.2) is 9.97 Å². The van der Waals surface area contributed by atoms with Gasteiger partial charge in [-0.15, -0.1) is 0 Å². The third-order valence-corrected chi connectivity index (χ3v) is 5.00. The first-order valence-electron chi connectivity index (χ1n) is 9.79. The molecule has 0 radical (unpaired) electrons. The summed E-state index contributed by atoms with van der Waals surface area (Å²) < 4.78 is 7.81. The normalized spacial score (nSPS) is 11.4. The number of aromatic nitrogens is 4. The Morgan fingerprint density at radius 2 is 1.57 bits per heavy atom. The zero-order chi connectivity index (χ0) is 20.6. The van der Waals surface area contributed by atoms with Crippen LogP contribution >= 0.6 is 0 Å². The van der Waals surface area contributed by atoms with Crippen LogP contribution in [0.25, 0.3) is 16.9 Å². The second-order valence-electron chi connectivity index (χ2n) is 7.39. The predicted molar refractivity (Wildman–Crippen MR) is 112 cm³/mol. The van der Waals surface area contributed by atoms with Crippen LogP contribution in [0.2, 0.25) is 0 Å². The molecule has 1 aromatic carbocycles. The molecule has 0 bridgehead atoms. The third kappa shape index (κ3) is 3.51. The molecule has 2 aromatic heterocycles. The predicted octanol–water partition coefficient (Wildman–Crippen LogP) is 4.29. The minimum atomic E-state index is -0.172. The van der Waals surface area contributed by atoms with E-state index in [1.165, 1.54) is 0 Å². The Labute approximate surface area is 165 Å². The van der Waals surface area contributed by atoms with E-state index in [2.05, 4.69) is 47.9 Å². The summed E-state index contributed by atoms with van der Waals surface area (Å²) in [4.78, 5) is 26.7. The van der Waals surface area contributed by atoms with Crippen LogP contribution < -0.4 is 10.3 Å². The average Bonchev–Trinajstić information content (AvgIpc) is 2.62. The molecule has 0 N–H and O–H groups in total. The van der Waals surface area contributed by atoms with E-state index in [0.717, 1.165) is 35.2 Å². The highest BCUT2D eigenvalue weighted by atomic mass is 16.5. The van der Waals surface area contributed by atoms with Gasteiger partial charge in [0.05, 0.1) is 5.69 Å². The largest absolute Gasteiger partial charge is 0.473 e. The standard InChI is InChI=1S/C22H28N4O2/c1-8-17(9-2)28-21-18-20(24-16(7)25-21)26(22(27)15(6)23-18)19-13(4)10-12(3)11-14(19)5/h10-11,17H,8-9H2,1-7H3. The molecule has 0 spiro atoms. The summed E-state index contributed by atoms with van der Waals surface area (Å²) in [6, 6.07) is 4.15. The van der Waals surface area contributed by atoms with Gasteiger partial charge in [-0.2, -0.15) is 4.98 Å². The highest BCUT2D eigenvalue weighted by Gasteiger charge is 2.20. The lowest BCUT2D eigenvalue weighted by Crippen LogP contribution is -2.26. The lowest BCUT2D eigenvalue weighted by molar-refractivity contribution is 0.186. The molecule has 6 heteroatoms. The maximum absolute atomic E-state index is 13.1. The summed E-state index contributed by atoms with van der Waals surface area (Å²) in [6.07, 6.45) is 1.79. The number of fused-ring (bicyclic) bond motifs is 1. The van der Waals surface area contributed by atoms with Crippen LogP contribution in [-0.2, 0) is 0 Å². The van der Waals surface area contributed by atoms with E-state index in [-0.39, 0.29) is 11.7 Å². The van der Waals surface area contributed by atoms with E-state index in [1.54, 1.807) is 11.5 Å². The minimum absolute atomic E-state index is 0.0443. The van der Waals surface area contributed by atoms with Crippen molar-refractivity contribution in [2.24, 2.45) is 0 Å². The van der Waals surface area contributed by atoms with Gasteiger partial charge in [0.1, 0.15) is 17.6 Å². The lowest BCUT2D eigenvalue weighted by Gasteiger charge is -2.19. The van der Waals surface area contributed by atoms with Crippen molar-refractivity contribution in [3.8, 4) is 11.6 Å². The van der Waals surface area contributed by atoms with E-state index in [9.17, 15) is 4.79 Å². The Morgan fingerprint density at radius 1 is 0.964 bits per heavy atom. The second-order valence-corrected chi connectivity index (χ2v) is 7.39. The molecular weight excluding hydrogens is 352 g/mol. The lowest BCUT2D eigenvalue weighted by atomic mass is 10.0. The van der Waals surface area contributed by atoms with Crippen LogP contribution in [0.3, 0.4) is 0 Å². The van der Waals surface area contributed by atoms with Gasteiger partial charge in [0.15, 0.2) is 11.2 Å². The molecule has 0 fully saturated rings. The van der Waals surface area contributed by atoms with Crippen LogP contribution in [-0.4, -0.2) is 25.6 Å². The number of rotatable bonds is 5. The van der Waals surface area contributed by atoms with E-state index >= 15 is 0 Å². The fourth-order valence-electron chi connectivity index (χ4n) is 3.68. The van der Waals surface area contributed by atoms with Gasteiger partial charge in [0, 0.05) is 0 Å². The van der Waals surface area contributed by atoms with Crippen LogP contribution in [0.4, 0.5) is 0 Å². The summed E-state index contributed by atoms with van der Waals surface area (Å²) in [5.41, 5.74) is 5.27. The van der Waals surface area contributed by atoms with Crippen molar-refractivity contribution in [3.05, 3.63) is 50.7 Å². The average molecular weight is 380 g/mol. The fourth-order valence-corrected chi connectivity index (χ4v) is 3.68. The van der Waals surface area contributed by atoms with Crippen LogP contribution in [0.1, 0.15) is 54.9 Å². The zero-order valence-corrected chi connectivity index (χ0v) is 17.8. The molecule has 0 aliphatic heterocycles. The van der Waals surface area contributed by atoms with Crippen LogP contribution in [0, 0.1) is 34.6 Å². The molecule has 148 valence electrons. The molecule has 3 rings (SSSR count). The first-order valence-corrected chi connectivity index (χ1v) is 9.79. The molecular formula is C22H28N4O2. The van der Waals surface area contributed by atoms with Gasteiger partial charge in [0.2, 0.25) is 5.88 Å². The molecule has 0 aliphatic rings. The summed E-state index contributed by atoms with van der Waals surface area (Å²) in [5, 5.41) is 0. The summed E-state index contributed by atoms with van der Waals surface area (Å²) in [6.45, 7) is 13.8. The Kier molecular flexibility index (Phi) is 5.49. The topological polar surface area (TPSA) is 69.9 Å². The summed E-state index contributed by atoms with van der Waals surface area (Å²) >= 11 is 0. The molecule has 6 nitrogen and oxygen atoms in total. The molecule has 0 saturated carbocycles. The fraction of sp³-hybridized carbons (Fsp3) is 0.455.